The van der Waals surface area contributed by atoms with Gasteiger partial charge in [-0.1, -0.05) is 42.5 Å². The van der Waals surface area contributed by atoms with Crippen molar-refractivity contribution in [2.75, 3.05) is 13.1 Å². The average molecular weight is 485 g/mol. The molecule has 1 aliphatic heterocycles. The van der Waals surface area contributed by atoms with Crippen LogP contribution in [0.5, 0.6) is 0 Å². The maximum Gasteiger partial charge on any atom is 0.410 e. The van der Waals surface area contributed by atoms with E-state index in [1.54, 1.807) is 15.7 Å². The minimum atomic E-state index is -0.540. The fourth-order valence-corrected chi connectivity index (χ4v) is 4.92. The normalized spacial score (nSPS) is 15.7. The van der Waals surface area contributed by atoms with Crippen LogP contribution in [-0.4, -0.2) is 43.8 Å². The number of piperidine rings is 1. The fraction of sp³-hybridized carbons (Fsp3) is 0.345. The number of nitrogens with zero attached hydrogens (tertiary/aromatic N) is 4. The number of benzene rings is 2. The Kier molecular flexibility index (Phi) is 5.94. The number of aromatic nitrogens is 3. The first-order valence-electron chi connectivity index (χ1n) is 12.4. The third-order valence-corrected chi connectivity index (χ3v) is 6.87. The molecule has 0 radical (unpaired) electrons. The maximum absolute atomic E-state index is 13.9. The zero-order valence-electron chi connectivity index (χ0n) is 21.3. The highest BCUT2D eigenvalue weighted by atomic mass is 16.6. The molecule has 7 nitrogen and oxygen atoms in total. The van der Waals surface area contributed by atoms with E-state index in [-0.39, 0.29) is 11.8 Å². The summed E-state index contributed by atoms with van der Waals surface area (Å²) in [5.74, 6) is 0. The van der Waals surface area contributed by atoms with Gasteiger partial charge in [-0.25, -0.2) is 14.6 Å². The summed E-state index contributed by atoms with van der Waals surface area (Å²) in [6, 6.07) is 22.0. The summed E-state index contributed by atoms with van der Waals surface area (Å²) in [7, 11) is 0. The molecule has 7 heteroatoms. The predicted octanol–water partition coefficient (Wildman–Crippen LogP) is 5.60. The van der Waals surface area contributed by atoms with Crippen molar-refractivity contribution in [2.45, 2.75) is 51.7 Å². The summed E-state index contributed by atoms with van der Waals surface area (Å²) in [6.07, 6.45) is 2.68. The minimum absolute atomic E-state index is 0.121. The fourth-order valence-electron chi connectivity index (χ4n) is 4.92. The Morgan fingerprint density at radius 2 is 1.56 bits per heavy atom. The van der Waals surface area contributed by atoms with Crippen LogP contribution in [0, 0.1) is 0 Å². The zero-order valence-corrected chi connectivity index (χ0v) is 21.3. The maximum atomic E-state index is 13.9. The predicted molar refractivity (Wildman–Crippen MR) is 141 cm³/mol. The van der Waals surface area contributed by atoms with E-state index < -0.39 is 11.1 Å². The molecule has 0 bridgehead atoms. The molecule has 0 saturated carbocycles. The number of rotatable bonds is 3. The molecule has 4 aromatic rings. The van der Waals surface area contributed by atoms with Crippen LogP contribution in [0.15, 0.2) is 77.7 Å². The summed E-state index contributed by atoms with van der Waals surface area (Å²) >= 11 is 0. The van der Waals surface area contributed by atoms with E-state index in [0.29, 0.717) is 31.6 Å². The summed E-state index contributed by atoms with van der Waals surface area (Å²) in [5.41, 5.74) is 3.31. The van der Waals surface area contributed by atoms with Gasteiger partial charge in [0.15, 0.2) is 5.65 Å². The number of hydrogen-bond donors (Lipinski definition) is 0. The Balaban J connectivity index is 1.49. The van der Waals surface area contributed by atoms with Crippen LogP contribution in [0.4, 0.5) is 4.79 Å². The van der Waals surface area contributed by atoms with E-state index in [0.717, 1.165) is 22.3 Å². The van der Waals surface area contributed by atoms with Crippen molar-refractivity contribution >= 4 is 17.3 Å². The quantitative estimate of drug-likeness (QED) is 0.380. The summed E-state index contributed by atoms with van der Waals surface area (Å²) in [6.45, 7) is 8.71. The summed E-state index contributed by atoms with van der Waals surface area (Å²) < 4.78 is 9.11. The molecule has 0 spiro atoms. The number of hydrogen-bond acceptors (Lipinski definition) is 4. The second-order valence-electron chi connectivity index (χ2n) is 10.7. The lowest BCUT2D eigenvalue weighted by Gasteiger charge is -2.40. The van der Waals surface area contributed by atoms with Gasteiger partial charge >= 0.3 is 11.8 Å². The highest BCUT2D eigenvalue weighted by Gasteiger charge is 2.38. The van der Waals surface area contributed by atoms with Gasteiger partial charge in [-0.05, 0) is 75.9 Å². The minimum Gasteiger partial charge on any atom is -0.444 e. The molecular formula is C29H32N4O3. The average Bonchev–Trinajstić information content (AvgIpc) is 3.16. The Morgan fingerprint density at radius 3 is 2.19 bits per heavy atom. The Hall–Kier alpha value is -3.87. The number of carbonyl (C=O) groups is 1. The third kappa shape index (κ3) is 4.41. The zero-order chi connectivity index (χ0) is 25.5. The first-order valence-corrected chi connectivity index (χ1v) is 12.4. The molecule has 0 unspecified atom stereocenters. The molecule has 1 fully saturated rings. The van der Waals surface area contributed by atoms with Gasteiger partial charge < -0.3 is 9.64 Å². The molecule has 36 heavy (non-hydrogen) atoms. The largest absolute Gasteiger partial charge is 0.444 e. The number of fused-ring (bicyclic) bond motifs is 1. The molecule has 5 rings (SSSR count). The Morgan fingerprint density at radius 1 is 0.917 bits per heavy atom. The number of ether oxygens (including phenoxy) is 1. The lowest BCUT2D eigenvalue weighted by molar-refractivity contribution is 0.0131. The third-order valence-electron chi connectivity index (χ3n) is 6.87. The molecule has 1 aliphatic rings. The van der Waals surface area contributed by atoms with Crippen molar-refractivity contribution in [1.82, 2.24) is 19.0 Å². The lowest BCUT2D eigenvalue weighted by atomic mass is 9.89. The number of amides is 1. The SMILES string of the molecule is CC(C)(C)OC(=O)N1CCC(C)(n2c(=O)n(-c3ccc(-c4ccccc4)cc3)c3cccnc32)CC1. The number of likely N-dealkylation sites (tertiary alicyclic amines) is 1. The van der Waals surface area contributed by atoms with Crippen LogP contribution in [0.25, 0.3) is 28.0 Å². The number of carbonyl (C=O) groups excluding carboxylic acids is 1. The molecule has 2 aromatic heterocycles. The van der Waals surface area contributed by atoms with Crippen LogP contribution < -0.4 is 5.69 Å². The van der Waals surface area contributed by atoms with Crippen molar-refractivity contribution in [2.24, 2.45) is 0 Å². The van der Waals surface area contributed by atoms with Crippen molar-refractivity contribution in [3.8, 4) is 16.8 Å². The van der Waals surface area contributed by atoms with Crippen LogP contribution >= 0.6 is 0 Å². The van der Waals surface area contributed by atoms with Gasteiger partial charge in [-0.2, -0.15) is 0 Å². The Labute approximate surface area is 211 Å². The van der Waals surface area contributed by atoms with Crippen molar-refractivity contribution in [3.63, 3.8) is 0 Å². The molecule has 1 saturated heterocycles. The standard InChI is InChI=1S/C29H32N4O3/c1-28(2,3)36-27(35)31-19-16-29(4,17-20-31)33-25-24(11-8-18-30-25)32(26(33)34)23-14-12-22(13-15-23)21-9-6-5-7-10-21/h5-15,18H,16-17,19-20H2,1-4H3. The monoisotopic (exact) mass is 484 g/mol. The van der Waals surface area contributed by atoms with E-state index in [1.807, 2.05) is 79.9 Å². The van der Waals surface area contributed by atoms with Gasteiger partial charge in [0.2, 0.25) is 0 Å². The van der Waals surface area contributed by atoms with Gasteiger partial charge in [0.05, 0.1) is 16.7 Å². The van der Waals surface area contributed by atoms with Crippen molar-refractivity contribution < 1.29 is 9.53 Å². The van der Waals surface area contributed by atoms with E-state index in [1.165, 1.54) is 0 Å². The molecule has 3 heterocycles. The first kappa shape index (κ1) is 23.9. The smallest absolute Gasteiger partial charge is 0.410 e. The van der Waals surface area contributed by atoms with E-state index >= 15 is 0 Å². The summed E-state index contributed by atoms with van der Waals surface area (Å²) in [5, 5.41) is 0. The topological polar surface area (TPSA) is 69.4 Å². The molecule has 0 N–H and O–H groups in total. The number of imidazole rings is 1. The second-order valence-corrected chi connectivity index (χ2v) is 10.7. The van der Waals surface area contributed by atoms with E-state index in [9.17, 15) is 9.59 Å². The lowest BCUT2D eigenvalue weighted by Crippen LogP contribution is -2.50. The molecular weight excluding hydrogens is 452 g/mol. The van der Waals surface area contributed by atoms with E-state index in [4.69, 9.17) is 4.74 Å². The van der Waals surface area contributed by atoms with Crippen LogP contribution in [0.2, 0.25) is 0 Å². The molecule has 2 aromatic carbocycles. The number of pyridine rings is 1. The molecule has 186 valence electrons. The highest BCUT2D eigenvalue weighted by Crippen LogP contribution is 2.32. The van der Waals surface area contributed by atoms with Gasteiger partial charge in [-0.15, -0.1) is 0 Å². The van der Waals surface area contributed by atoms with Gasteiger partial charge in [-0.3, -0.25) is 9.13 Å². The summed E-state index contributed by atoms with van der Waals surface area (Å²) in [4.78, 5) is 32.9. The Bertz CT molecular complexity index is 1440. The van der Waals surface area contributed by atoms with E-state index in [2.05, 4.69) is 24.0 Å². The molecule has 0 atom stereocenters. The second kappa shape index (κ2) is 8.97. The highest BCUT2D eigenvalue weighted by molar-refractivity contribution is 5.75. The van der Waals surface area contributed by atoms with Crippen LogP contribution in [-0.2, 0) is 10.3 Å². The van der Waals surface area contributed by atoms with Gasteiger partial charge in [0.25, 0.3) is 0 Å². The molecule has 0 aliphatic carbocycles. The van der Waals surface area contributed by atoms with Crippen molar-refractivity contribution in [1.29, 1.82) is 0 Å². The van der Waals surface area contributed by atoms with Crippen LogP contribution in [0.3, 0.4) is 0 Å². The van der Waals surface area contributed by atoms with Crippen LogP contribution in [0.1, 0.15) is 40.5 Å². The molecule has 1 amide bonds. The van der Waals surface area contributed by atoms with Gasteiger partial charge in [0, 0.05) is 19.3 Å². The van der Waals surface area contributed by atoms with Crippen molar-refractivity contribution in [3.05, 3.63) is 83.4 Å². The van der Waals surface area contributed by atoms with Gasteiger partial charge in [0.1, 0.15) is 5.60 Å². The first-order chi connectivity index (χ1) is 17.2.